The molecule has 12 heteroatoms. The number of amides is 1. The van der Waals surface area contributed by atoms with E-state index in [1.807, 2.05) is 13.8 Å². The molecule has 0 unspecified atom stereocenters. The Labute approximate surface area is 209 Å². The summed E-state index contributed by atoms with van der Waals surface area (Å²) in [6.45, 7) is 3.38. The summed E-state index contributed by atoms with van der Waals surface area (Å²) < 4.78 is 78.9. The molecule has 37 heavy (non-hydrogen) atoms. The Kier molecular flexibility index (Phi) is 8.21. The second-order valence-corrected chi connectivity index (χ2v) is 9.61. The molecule has 1 fully saturated rings. The van der Waals surface area contributed by atoms with Gasteiger partial charge in [0.25, 0.3) is 5.69 Å². The molecule has 2 aromatic carbocycles. The van der Waals surface area contributed by atoms with Gasteiger partial charge in [-0.2, -0.15) is 26.3 Å². The molecule has 0 aromatic heterocycles. The Bertz CT molecular complexity index is 1120. The minimum absolute atomic E-state index is 0.0276. The average Bonchev–Trinajstić information content (AvgIpc) is 3.26. The SMILES string of the molecule is CC(C)[C@]1(C(=O)NCc2cc(C(F)(F)F)cc(C(F)(F)F)c2)CC[C@@H](NCc2ccccc2[N+](=O)[O-])C1. The number of carbonyl (C=O) groups excluding carboxylic acids is 1. The van der Waals surface area contributed by atoms with Crippen molar-refractivity contribution < 1.29 is 36.1 Å². The molecule has 1 amide bonds. The van der Waals surface area contributed by atoms with E-state index in [0.717, 1.165) is 0 Å². The lowest BCUT2D eigenvalue weighted by atomic mass is 9.74. The number of para-hydroxylation sites is 1. The van der Waals surface area contributed by atoms with Crippen molar-refractivity contribution in [2.24, 2.45) is 11.3 Å². The molecule has 0 bridgehead atoms. The predicted molar refractivity (Wildman–Crippen MR) is 123 cm³/mol. The number of hydrogen-bond donors (Lipinski definition) is 2. The van der Waals surface area contributed by atoms with E-state index < -0.39 is 46.3 Å². The van der Waals surface area contributed by atoms with Crippen LogP contribution in [0.25, 0.3) is 0 Å². The molecule has 0 saturated heterocycles. The molecule has 1 aliphatic rings. The largest absolute Gasteiger partial charge is 0.416 e. The Morgan fingerprint density at radius 2 is 1.65 bits per heavy atom. The number of benzene rings is 2. The number of carbonyl (C=O) groups is 1. The van der Waals surface area contributed by atoms with Gasteiger partial charge in [-0.1, -0.05) is 32.0 Å². The van der Waals surface area contributed by atoms with Gasteiger partial charge in [0, 0.05) is 30.8 Å². The highest BCUT2D eigenvalue weighted by Gasteiger charge is 2.47. The van der Waals surface area contributed by atoms with Crippen LogP contribution in [0.15, 0.2) is 42.5 Å². The maximum atomic E-state index is 13.2. The number of rotatable bonds is 8. The summed E-state index contributed by atoms with van der Waals surface area (Å²) in [5, 5.41) is 17.0. The Morgan fingerprint density at radius 3 is 2.19 bits per heavy atom. The molecule has 0 radical (unpaired) electrons. The first-order chi connectivity index (χ1) is 17.1. The van der Waals surface area contributed by atoms with Crippen LogP contribution in [0.5, 0.6) is 0 Å². The smallest absolute Gasteiger partial charge is 0.352 e. The molecule has 3 rings (SSSR count). The van der Waals surface area contributed by atoms with E-state index in [-0.39, 0.29) is 35.8 Å². The number of nitrogens with one attached hydrogen (secondary N) is 2. The molecule has 2 N–H and O–H groups in total. The Hall–Kier alpha value is -3.15. The Morgan fingerprint density at radius 1 is 1.05 bits per heavy atom. The fraction of sp³-hybridized carbons (Fsp3) is 0.480. The van der Waals surface area contributed by atoms with Crippen molar-refractivity contribution in [1.82, 2.24) is 10.6 Å². The highest BCUT2D eigenvalue weighted by molar-refractivity contribution is 5.83. The van der Waals surface area contributed by atoms with Crippen molar-refractivity contribution in [2.75, 3.05) is 0 Å². The van der Waals surface area contributed by atoms with E-state index in [1.54, 1.807) is 18.2 Å². The number of hydrogen-bond acceptors (Lipinski definition) is 4. The zero-order valence-corrected chi connectivity index (χ0v) is 20.2. The van der Waals surface area contributed by atoms with Gasteiger partial charge in [-0.3, -0.25) is 14.9 Å². The summed E-state index contributed by atoms with van der Waals surface area (Å²) in [6.07, 6.45) is -8.56. The third-order valence-corrected chi connectivity index (χ3v) is 6.98. The molecular weight excluding hydrogens is 504 g/mol. The summed E-state index contributed by atoms with van der Waals surface area (Å²) in [5.41, 5.74) is -3.62. The zero-order valence-electron chi connectivity index (χ0n) is 20.2. The first kappa shape index (κ1) is 28.4. The molecule has 0 spiro atoms. The van der Waals surface area contributed by atoms with E-state index in [2.05, 4.69) is 10.6 Å². The summed E-state index contributed by atoms with van der Waals surface area (Å²) >= 11 is 0. The van der Waals surface area contributed by atoms with Crippen LogP contribution in [0.2, 0.25) is 0 Å². The minimum atomic E-state index is -4.97. The summed E-state index contributed by atoms with van der Waals surface area (Å²) in [7, 11) is 0. The lowest BCUT2D eigenvalue weighted by Crippen LogP contribution is -2.43. The lowest BCUT2D eigenvalue weighted by Gasteiger charge is -2.32. The van der Waals surface area contributed by atoms with Gasteiger partial charge in [-0.25, -0.2) is 0 Å². The van der Waals surface area contributed by atoms with Gasteiger partial charge in [0.1, 0.15) is 0 Å². The number of nitro groups is 1. The van der Waals surface area contributed by atoms with Gasteiger partial charge in [-0.15, -0.1) is 0 Å². The van der Waals surface area contributed by atoms with Crippen LogP contribution in [-0.2, 0) is 30.2 Å². The monoisotopic (exact) mass is 531 g/mol. The van der Waals surface area contributed by atoms with Crippen LogP contribution in [0, 0.1) is 21.4 Å². The summed E-state index contributed by atoms with van der Waals surface area (Å²) in [5.74, 6) is -0.624. The lowest BCUT2D eigenvalue weighted by molar-refractivity contribution is -0.385. The topological polar surface area (TPSA) is 84.3 Å². The summed E-state index contributed by atoms with van der Waals surface area (Å²) in [6, 6.07) is 7.37. The van der Waals surface area contributed by atoms with Crippen LogP contribution in [0.4, 0.5) is 32.0 Å². The van der Waals surface area contributed by atoms with Crippen LogP contribution < -0.4 is 10.6 Å². The van der Waals surface area contributed by atoms with E-state index in [9.17, 15) is 41.3 Å². The molecular formula is C25H27F6N3O3. The fourth-order valence-electron chi connectivity index (χ4n) is 4.82. The van der Waals surface area contributed by atoms with Gasteiger partial charge < -0.3 is 10.6 Å². The molecule has 1 aliphatic carbocycles. The van der Waals surface area contributed by atoms with Crippen molar-refractivity contribution in [3.05, 3.63) is 74.8 Å². The van der Waals surface area contributed by atoms with Gasteiger partial charge in [0.15, 0.2) is 0 Å². The number of nitrogens with zero attached hydrogens (tertiary/aromatic N) is 1. The third kappa shape index (κ3) is 6.60. The predicted octanol–water partition coefficient (Wildman–Crippen LogP) is 6.23. The number of halogens is 6. The minimum Gasteiger partial charge on any atom is -0.352 e. The third-order valence-electron chi connectivity index (χ3n) is 6.98. The van der Waals surface area contributed by atoms with Crippen molar-refractivity contribution in [2.45, 2.75) is 64.6 Å². The van der Waals surface area contributed by atoms with Crippen molar-refractivity contribution in [3.63, 3.8) is 0 Å². The van der Waals surface area contributed by atoms with Crippen molar-refractivity contribution in [1.29, 1.82) is 0 Å². The normalized spacial score (nSPS) is 20.3. The first-order valence-electron chi connectivity index (χ1n) is 11.7. The number of alkyl halides is 6. The van der Waals surface area contributed by atoms with E-state index in [0.29, 0.717) is 37.0 Å². The second-order valence-electron chi connectivity index (χ2n) is 9.61. The van der Waals surface area contributed by atoms with Crippen molar-refractivity contribution in [3.8, 4) is 0 Å². The molecule has 2 aromatic rings. The Balaban J connectivity index is 1.72. The number of nitro benzene ring substituents is 1. The van der Waals surface area contributed by atoms with E-state index in [4.69, 9.17) is 0 Å². The van der Waals surface area contributed by atoms with Crippen LogP contribution in [-0.4, -0.2) is 16.9 Å². The zero-order chi connectivity index (χ0) is 27.6. The molecule has 6 nitrogen and oxygen atoms in total. The first-order valence-corrected chi connectivity index (χ1v) is 11.7. The molecule has 1 saturated carbocycles. The highest BCUT2D eigenvalue weighted by atomic mass is 19.4. The molecule has 2 atom stereocenters. The van der Waals surface area contributed by atoms with Gasteiger partial charge in [0.2, 0.25) is 5.91 Å². The van der Waals surface area contributed by atoms with Gasteiger partial charge in [0.05, 0.1) is 21.5 Å². The molecule has 0 aliphatic heterocycles. The quantitative estimate of drug-likeness (QED) is 0.240. The van der Waals surface area contributed by atoms with Gasteiger partial charge >= 0.3 is 12.4 Å². The van der Waals surface area contributed by atoms with Gasteiger partial charge in [-0.05, 0) is 48.9 Å². The average molecular weight is 531 g/mol. The van der Waals surface area contributed by atoms with E-state index in [1.165, 1.54) is 6.07 Å². The van der Waals surface area contributed by atoms with Crippen LogP contribution in [0.1, 0.15) is 55.4 Å². The maximum absolute atomic E-state index is 13.2. The molecule has 202 valence electrons. The van der Waals surface area contributed by atoms with Crippen LogP contribution in [0.3, 0.4) is 0 Å². The molecule has 0 heterocycles. The standard InChI is InChI=1S/C25H27F6N3O3/c1-15(2)23(8-7-20(12-23)32-14-17-5-3-4-6-21(17)34(36)37)22(35)33-13-16-9-18(24(26,27)28)11-19(10-16)25(29,30)31/h3-6,9-11,15,20,32H,7-8,12-14H2,1-2H3,(H,33,35)/t20-,23+/m1/s1. The second kappa shape index (κ2) is 10.7. The summed E-state index contributed by atoms with van der Waals surface area (Å²) in [4.78, 5) is 24.0. The van der Waals surface area contributed by atoms with E-state index >= 15 is 0 Å². The fourth-order valence-corrected chi connectivity index (χ4v) is 4.82. The maximum Gasteiger partial charge on any atom is 0.416 e. The van der Waals surface area contributed by atoms with Crippen molar-refractivity contribution >= 4 is 11.6 Å². The van der Waals surface area contributed by atoms with Crippen LogP contribution >= 0.6 is 0 Å². The highest BCUT2D eigenvalue weighted by Crippen LogP contribution is 2.45.